The summed E-state index contributed by atoms with van der Waals surface area (Å²) in [6, 6.07) is 112. The third-order valence-corrected chi connectivity index (χ3v) is 24.6. The number of thioether (sulfide) groups is 1. The molecule has 8 aliphatic rings. The van der Waals surface area contributed by atoms with Crippen molar-refractivity contribution in [2.45, 2.75) is 96.7 Å². The summed E-state index contributed by atoms with van der Waals surface area (Å²) < 4.78 is 7.73. The van der Waals surface area contributed by atoms with Crippen molar-refractivity contribution in [3.63, 3.8) is 0 Å². The number of allylic oxidation sites excluding steroid dienone is 4. The first kappa shape index (κ1) is 59.2. The predicted octanol–water partition coefficient (Wildman–Crippen LogP) is 20.5. The van der Waals surface area contributed by atoms with Gasteiger partial charge in [0.2, 0.25) is 6.71 Å². The zero-order chi connectivity index (χ0) is 64.6. The molecule has 2 saturated heterocycles. The van der Waals surface area contributed by atoms with E-state index in [4.69, 9.17) is 4.74 Å². The summed E-state index contributed by atoms with van der Waals surface area (Å²) in [6.07, 6.45) is 19.4. The number of rotatable bonds is 12. The lowest BCUT2D eigenvalue weighted by Crippen LogP contribution is -2.67. The highest BCUT2D eigenvalue weighted by atomic mass is 32.2. The Kier molecular flexibility index (Phi) is 15.1. The molecular weight excluding hydrogens is 1210 g/mol. The van der Waals surface area contributed by atoms with E-state index in [1.807, 2.05) is 0 Å². The summed E-state index contributed by atoms with van der Waals surface area (Å²) in [7, 11) is 0. The molecule has 0 amide bonds. The van der Waals surface area contributed by atoms with Crippen molar-refractivity contribution in [2.24, 2.45) is 0 Å². The third kappa shape index (κ3) is 10.2. The minimum absolute atomic E-state index is 0.0344. The Morgan fingerprint density at radius 3 is 1.74 bits per heavy atom. The molecule has 0 spiro atoms. The van der Waals surface area contributed by atoms with Crippen molar-refractivity contribution in [2.75, 3.05) is 19.6 Å². The minimum atomic E-state index is -0.0344. The van der Waals surface area contributed by atoms with Gasteiger partial charge < -0.3 is 24.3 Å². The van der Waals surface area contributed by atoms with E-state index < -0.39 is 0 Å². The van der Waals surface area contributed by atoms with Crippen LogP contribution in [0.2, 0.25) is 17.5 Å². The van der Waals surface area contributed by atoms with Crippen molar-refractivity contribution < 1.29 is 4.74 Å². The van der Waals surface area contributed by atoms with Gasteiger partial charge in [-0.2, -0.15) is 11.8 Å². The van der Waals surface area contributed by atoms with Gasteiger partial charge >= 0.3 is 0 Å². The largest absolute Gasteiger partial charge is 0.491 e. The lowest BCUT2D eigenvalue weighted by Gasteiger charge is -2.61. The van der Waals surface area contributed by atoms with Crippen LogP contribution in [0.1, 0.15) is 38.5 Å². The maximum atomic E-state index is 7.73. The van der Waals surface area contributed by atoms with Crippen molar-refractivity contribution >= 4 is 70.2 Å². The predicted molar refractivity (Wildman–Crippen MR) is 414 cm³/mol. The van der Waals surface area contributed by atoms with Crippen LogP contribution < -0.4 is 35.3 Å². The highest BCUT2D eigenvalue weighted by Crippen LogP contribution is 2.62. The molecule has 11 aromatic carbocycles. The first-order chi connectivity index (χ1) is 48.6. The maximum Gasteiger partial charge on any atom is 0.225 e. The van der Waals surface area contributed by atoms with Crippen LogP contribution in [0.4, 0.5) is 34.1 Å². The Morgan fingerprint density at radius 2 is 1.05 bits per heavy atom. The van der Waals surface area contributed by atoms with E-state index in [1.165, 1.54) is 101 Å². The summed E-state index contributed by atoms with van der Waals surface area (Å²) in [5.74, 6) is 1.70. The van der Waals surface area contributed by atoms with E-state index in [2.05, 4.69) is 359 Å². The lowest BCUT2D eigenvalue weighted by molar-refractivity contribution is 0.121. The van der Waals surface area contributed by atoms with Gasteiger partial charge in [0.1, 0.15) is 5.75 Å². The topological polar surface area (TPSA) is 22.2 Å². The SMILES string of the molecule is C1=CCC(N(c2ccccc2)C2CC3Oc4ccccc4B4C5=CC6B7c8ccccc8N(c8ccccc8)C8C=C(N(c9ccc(-c%10ccccc%10)cc9)c9cccc(-c%10ccccc%10)c9)CC(SC6C=C5N(c5c(-c6ccccc6)cccc5-c5ccccc5)C(C2)C43)C78)CC1. The number of nitrogens with zero attached hydrogens (tertiary/aromatic N) is 4. The van der Waals surface area contributed by atoms with Crippen LogP contribution in [0, 0.1) is 0 Å². The lowest BCUT2D eigenvalue weighted by atomic mass is 9.23. The van der Waals surface area contributed by atoms with E-state index in [-0.39, 0.29) is 65.6 Å². The Labute approximate surface area is 582 Å². The fourth-order valence-corrected chi connectivity index (χ4v) is 20.9. The molecule has 19 rings (SSSR count). The Balaban J connectivity index is 0.829. The zero-order valence-electron chi connectivity index (χ0n) is 55.0. The van der Waals surface area contributed by atoms with Crippen LogP contribution in [0.3, 0.4) is 0 Å². The van der Waals surface area contributed by atoms with Crippen LogP contribution in [0.5, 0.6) is 5.75 Å². The molecule has 4 aliphatic carbocycles. The monoisotopic (exact) mass is 1280 g/mol. The van der Waals surface area contributed by atoms with Crippen molar-refractivity contribution in [1.82, 2.24) is 0 Å². The third-order valence-electron chi connectivity index (χ3n) is 23.0. The molecule has 474 valence electrons. The van der Waals surface area contributed by atoms with Crippen LogP contribution in [-0.4, -0.2) is 54.2 Å². The van der Waals surface area contributed by atoms with Crippen molar-refractivity contribution in [1.29, 1.82) is 0 Å². The van der Waals surface area contributed by atoms with Gasteiger partial charge in [0.05, 0.1) is 17.8 Å². The first-order valence-electron chi connectivity index (χ1n) is 35.7. The molecule has 98 heavy (non-hydrogen) atoms. The fraction of sp³-hybridized carbons (Fsp3) is 0.178. The van der Waals surface area contributed by atoms with Gasteiger partial charge in [-0.25, -0.2) is 0 Å². The molecule has 4 heterocycles. The summed E-state index contributed by atoms with van der Waals surface area (Å²) in [5.41, 5.74) is 24.3. The average molecular weight is 1280 g/mol. The number of ether oxygens (including phenoxy) is 1. The van der Waals surface area contributed by atoms with E-state index in [9.17, 15) is 0 Å². The second kappa shape index (κ2) is 25.1. The molecule has 0 radical (unpaired) electrons. The highest BCUT2D eigenvalue weighted by Gasteiger charge is 2.62. The van der Waals surface area contributed by atoms with Gasteiger partial charge in [-0.1, -0.05) is 266 Å². The smallest absolute Gasteiger partial charge is 0.225 e. The van der Waals surface area contributed by atoms with Crippen molar-refractivity contribution in [3.8, 4) is 50.3 Å². The summed E-state index contributed by atoms with van der Waals surface area (Å²) in [5, 5.41) is 0.401. The van der Waals surface area contributed by atoms with Crippen LogP contribution in [0.15, 0.2) is 344 Å². The highest BCUT2D eigenvalue weighted by molar-refractivity contribution is 8.01. The molecule has 1 saturated carbocycles. The molecular formula is C90H76B2N4OS. The molecule has 3 fully saturated rings. The molecule has 0 aromatic heterocycles. The van der Waals surface area contributed by atoms with Gasteiger partial charge in [0, 0.05) is 91.8 Å². The summed E-state index contributed by atoms with van der Waals surface area (Å²) >= 11 is 2.27. The fourth-order valence-electron chi connectivity index (χ4n) is 19.1. The second-order valence-electron chi connectivity index (χ2n) is 28.2. The standard InChI is InChI=1S/C90H76B2N4OS/c1-8-28-61(29-9-1)63-50-52-70(53-51-63)94(71-43-26-36-66(54-71)62-30-10-2-11-31-62)73-56-83-89-87(58-73)98-86-60-81-78(59-79(86)91(89)76-46-22-24-48-80(76)95(83)69-41-20-7-21-42-69)92-77-47-23-25-49-84(77)97-85-57-72(93(67-37-16-5-17-38-67)68-39-18-6-19-40-68)55-82(88(85)92)96(81)90-74(64-32-12-3-13-33-64)44-27-45-75(90)65-34-14-4-15-35-65/h1-18,20-38,41-54,56,59-60,68,72,79,82-83,85-89H,19,39-40,55,57-58H2. The molecule has 4 aliphatic heterocycles. The number of fused-ring (bicyclic) bond motifs is 8. The quantitative estimate of drug-likeness (QED) is 0.0892. The molecule has 0 N–H and O–H groups in total. The number of hydrogen-bond donors (Lipinski definition) is 0. The minimum Gasteiger partial charge on any atom is -0.491 e. The molecule has 8 heteroatoms. The number of para-hydroxylation sites is 5. The Hall–Kier alpha value is -10.1. The van der Waals surface area contributed by atoms with Gasteiger partial charge in [0.25, 0.3) is 0 Å². The number of hydrogen-bond acceptors (Lipinski definition) is 6. The van der Waals surface area contributed by atoms with Gasteiger partial charge in [-0.05, 0) is 155 Å². The Bertz CT molecular complexity index is 4820. The van der Waals surface area contributed by atoms with Gasteiger partial charge in [-0.15, -0.1) is 0 Å². The molecule has 0 bridgehead atoms. The van der Waals surface area contributed by atoms with E-state index in [0.29, 0.717) is 6.04 Å². The number of benzene rings is 11. The average Bonchev–Trinajstić information content (AvgIpc) is 0.693. The van der Waals surface area contributed by atoms with E-state index in [1.54, 1.807) is 0 Å². The molecule has 11 aromatic rings. The normalized spacial score (nSPS) is 23.8. The zero-order valence-corrected chi connectivity index (χ0v) is 55.8. The second-order valence-corrected chi connectivity index (χ2v) is 29.6. The number of anilines is 6. The molecule has 10 atom stereocenters. The van der Waals surface area contributed by atoms with Crippen LogP contribution in [-0.2, 0) is 0 Å². The van der Waals surface area contributed by atoms with Gasteiger partial charge in [-0.3, -0.25) is 0 Å². The molecule has 5 nitrogen and oxygen atoms in total. The first-order valence-corrected chi connectivity index (χ1v) is 36.7. The van der Waals surface area contributed by atoms with Crippen molar-refractivity contribution in [3.05, 3.63) is 344 Å². The maximum absolute atomic E-state index is 7.73. The van der Waals surface area contributed by atoms with E-state index in [0.717, 1.165) is 50.0 Å². The summed E-state index contributed by atoms with van der Waals surface area (Å²) in [4.78, 5) is 11.2. The van der Waals surface area contributed by atoms with Crippen LogP contribution in [0.25, 0.3) is 44.5 Å². The molecule has 10 unspecified atom stereocenters. The van der Waals surface area contributed by atoms with E-state index >= 15 is 0 Å². The van der Waals surface area contributed by atoms with Gasteiger partial charge in [0.15, 0.2) is 6.71 Å². The summed E-state index contributed by atoms with van der Waals surface area (Å²) in [6.45, 7) is 0.347. The Morgan fingerprint density at radius 1 is 0.459 bits per heavy atom. The van der Waals surface area contributed by atoms with Crippen LogP contribution >= 0.6 is 11.8 Å².